The summed E-state index contributed by atoms with van der Waals surface area (Å²) in [4.78, 5) is 14.5. The van der Waals surface area contributed by atoms with Gasteiger partial charge >= 0.3 is 0 Å². The monoisotopic (exact) mass is 263 g/mol. The Balaban J connectivity index is 2.09. The summed E-state index contributed by atoms with van der Waals surface area (Å²) < 4.78 is 0. The molecule has 2 atom stereocenters. The van der Waals surface area contributed by atoms with Gasteiger partial charge in [-0.05, 0) is 44.9 Å². The van der Waals surface area contributed by atoms with E-state index in [2.05, 4.69) is 18.7 Å². The van der Waals surface area contributed by atoms with Crippen LogP contribution in [0.4, 0.5) is 0 Å². The molecular weight excluding hydrogens is 242 g/mol. The molecule has 1 aromatic rings. The Morgan fingerprint density at radius 3 is 2.42 bits per heavy atom. The zero-order chi connectivity index (χ0) is 14.0. The van der Waals surface area contributed by atoms with Crippen molar-refractivity contribution < 1.29 is 15.0 Å². The van der Waals surface area contributed by atoms with Crippen LogP contribution in [0, 0.1) is 0 Å². The summed E-state index contributed by atoms with van der Waals surface area (Å²) >= 11 is 0. The van der Waals surface area contributed by atoms with E-state index in [1.807, 2.05) is 0 Å². The minimum atomic E-state index is -0.245. The van der Waals surface area contributed by atoms with E-state index in [1.165, 1.54) is 18.6 Å². The summed E-state index contributed by atoms with van der Waals surface area (Å²) in [5, 5.41) is 18.7. The molecule has 104 valence electrons. The Bertz CT molecular complexity index is 462. The second-order valence-electron chi connectivity index (χ2n) is 5.43. The smallest absolute Gasteiger partial charge is 0.176 e. The van der Waals surface area contributed by atoms with Crippen molar-refractivity contribution in [1.29, 1.82) is 0 Å². The molecule has 0 aromatic heterocycles. The lowest BCUT2D eigenvalue weighted by Crippen LogP contribution is -2.46. The van der Waals surface area contributed by atoms with E-state index in [1.54, 1.807) is 6.07 Å². The van der Waals surface area contributed by atoms with Crippen LogP contribution in [0.3, 0.4) is 0 Å². The zero-order valence-electron chi connectivity index (χ0n) is 11.5. The van der Waals surface area contributed by atoms with Gasteiger partial charge in [-0.2, -0.15) is 0 Å². The van der Waals surface area contributed by atoms with Gasteiger partial charge in [0.15, 0.2) is 17.3 Å². The SMILES string of the molecule is C[C@@H]1CCC[C@H](C)N1CC(=O)c1ccc(O)c(O)c1. The average Bonchev–Trinajstić information content (AvgIpc) is 2.37. The molecule has 1 aliphatic heterocycles. The fourth-order valence-electron chi connectivity index (χ4n) is 2.74. The van der Waals surface area contributed by atoms with Crippen LogP contribution < -0.4 is 0 Å². The molecule has 0 spiro atoms. The molecule has 4 heteroatoms. The first-order chi connectivity index (χ1) is 8.99. The van der Waals surface area contributed by atoms with Crippen molar-refractivity contribution in [2.24, 2.45) is 0 Å². The van der Waals surface area contributed by atoms with E-state index in [0.717, 1.165) is 12.8 Å². The van der Waals surface area contributed by atoms with Crippen molar-refractivity contribution in [3.63, 3.8) is 0 Å². The average molecular weight is 263 g/mol. The van der Waals surface area contributed by atoms with Crippen molar-refractivity contribution in [2.75, 3.05) is 6.54 Å². The topological polar surface area (TPSA) is 60.8 Å². The van der Waals surface area contributed by atoms with Crippen molar-refractivity contribution >= 4 is 5.78 Å². The van der Waals surface area contributed by atoms with Gasteiger partial charge in [-0.25, -0.2) is 0 Å². The normalized spacial score (nSPS) is 24.3. The van der Waals surface area contributed by atoms with Gasteiger partial charge in [-0.3, -0.25) is 9.69 Å². The molecule has 0 aliphatic carbocycles. The Morgan fingerprint density at radius 1 is 1.21 bits per heavy atom. The number of phenolic OH excluding ortho intramolecular Hbond substituents is 2. The van der Waals surface area contributed by atoms with Gasteiger partial charge in [0.25, 0.3) is 0 Å². The number of Topliss-reactive ketones (excluding diaryl/α,β-unsaturated/α-hetero) is 1. The lowest BCUT2D eigenvalue weighted by Gasteiger charge is -2.38. The molecule has 4 nitrogen and oxygen atoms in total. The highest BCUT2D eigenvalue weighted by Gasteiger charge is 2.26. The molecule has 0 unspecified atom stereocenters. The lowest BCUT2D eigenvalue weighted by atomic mass is 9.96. The largest absolute Gasteiger partial charge is 0.504 e. The first kappa shape index (κ1) is 13.9. The number of carbonyl (C=O) groups excluding carboxylic acids is 1. The van der Waals surface area contributed by atoms with E-state index in [0.29, 0.717) is 24.2 Å². The quantitative estimate of drug-likeness (QED) is 0.650. The predicted octanol–water partition coefficient (Wildman–Crippen LogP) is 2.54. The molecule has 2 rings (SSSR count). The van der Waals surface area contributed by atoms with Gasteiger partial charge in [0, 0.05) is 17.6 Å². The van der Waals surface area contributed by atoms with Crippen LogP contribution in [0.1, 0.15) is 43.5 Å². The van der Waals surface area contributed by atoms with Crippen LogP contribution in [-0.2, 0) is 0 Å². The van der Waals surface area contributed by atoms with Gasteiger partial charge in [0.1, 0.15) is 0 Å². The minimum absolute atomic E-state index is 0.0177. The molecule has 2 N–H and O–H groups in total. The fraction of sp³-hybridized carbons (Fsp3) is 0.533. The third-order valence-corrected chi connectivity index (χ3v) is 4.00. The van der Waals surface area contributed by atoms with Crippen molar-refractivity contribution in [3.05, 3.63) is 23.8 Å². The molecule has 1 fully saturated rings. The highest BCUT2D eigenvalue weighted by atomic mass is 16.3. The van der Waals surface area contributed by atoms with E-state index in [-0.39, 0.29) is 17.3 Å². The summed E-state index contributed by atoms with van der Waals surface area (Å²) in [6.07, 6.45) is 3.46. The Kier molecular flexibility index (Phi) is 4.10. The Labute approximate surface area is 113 Å². The highest BCUT2D eigenvalue weighted by molar-refractivity contribution is 5.98. The number of nitrogens with zero attached hydrogens (tertiary/aromatic N) is 1. The molecular formula is C15H21NO3. The van der Waals surface area contributed by atoms with Crippen molar-refractivity contribution in [2.45, 2.75) is 45.2 Å². The summed E-state index contributed by atoms with van der Waals surface area (Å²) in [7, 11) is 0. The number of likely N-dealkylation sites (tertiary alicyclic amines) is 1. The van der Waals surface area contributed by atoms with Gasteiger partial charge in [0.05, 0.1) is 6.54 Å². The number of hydrogen-bond acceptors (Lipinski definition) is 4. The number of piperidine rings is 1. The van der Waals surface area contributed by atoms with Gasteiger partial charge in [-0.15, -0.1) is 0 Å². The van der Waals surface area contributed by atoms with Crippen LogP contribution in [-0.4, -0.2) is 39.5 Å². The van der Waals surface area contributed by atoms with Crippen LogP contribution >= 0.6 is 0 Å². The van der Waals surface area contributed by atoms with Crippen molar-refractivity contribution in [3.8, 4) is 11.5 Å². The second-order valence-corrected chi connectivity index (χ2v) is 5.43. The third kappa shape index (κ3) is 3.07. The zero-order valence-corrected chi connectivity index (χ0v) is 11.5. The van der Waals surface area contributed by atoms with Gasteiger partial charge < -0.3 is 10.2 Å². The van der Waals surface area contributed by atoms with E-state index in [9.17, 15) is 15.0 Å². The Morgan fingerprint density at radius 2 is 1.84 bits per heavy atom. The van der Waals surface area contributed by atoms with Crippen LogP contribution in [0.25, 0.3) is 0 Å². The summed E-state index contributed by atoms with van der Waals surface area (Å²) in [5.74, 6) is -0.460. The van der Waals surface area contributed by atoms with Crippen molar-refractivity contribution in [1.82, 2.24) is 4.90 Å². The molecule has 0 bridgehead atoms. The third-order valence-electron chi connectivity index (χ3n) is 4.00. The van der Waals surface area contributed by atoms with Crippen LogP contribution in [0.2, 0.25) is 0 Å². The molecule has 0 amide bonds. The summed E-state index contributed by atoms with van der Waals surface area (Å²) in [6.45, 7) is 4.67. The minimum Gasteiger partial charge on any atom is -0.504 e. The maximum Gasteiger partial charge on any atom is 0.176 e. The number of aromatic hydroxyl groups is 2. The maximum atomic E-state index is 12.2. The van der Waals surface area contributed by atoms with Crippen LogP contribution in [0.15, 0.2) is 18.2 Å². The number of phenols is 2. The highest BCUT2D eigenvalue weighted by Crippen LogP contribution is 2.26. The Hall–Kier alpha value is -1.55. The first-order valence-corrected chi connectivity index (χ1v) is 6.80. The lowest BCUT2D eigenvalue weighted by molar-refractivity contribution is 0.0734. The molecule has 19 heavy (non-hydrogen) atoms. The van der Waals surface area contributed by atoms with Crippen LogP contribution in [0.5, 0.6) is 11.5 Å². The second kappa shape index (κ2) is 5.61. The number of hydrogen-bond donors (Lipinski definition) is 2. The molecule has 1 heterocycles. The maximum absolute atomic E-state index is 12.2. The number of ketones is 1. The first-order valence-electron chi connectivity index (χ1n) is 6.80. The molecule has 1 aliphatic rings. The van der Waals surface area contributed by atoms with Gasteiger partial charge in [0.2, 0.25) is 0 Å². The molecule has 1 aromatic carbocycles. The molecule has 1 saturated heterocycles. The van der Waals surface area contributed by atoms with E-state index in [4.69, 9.17) is 0 Å². The number of carbonyl (C=O) groups is 1. The van der Waals surface area contributed by atoms with E-state index >= 15 is 0 Å². The number of rotatable bonds is 3. The predicted molar refractivity (Wildman–Crippen MR) is 73.6 cm³/mol. The number of benzene rings is 1. The summed E-state index contributed by atoms with van der Waals surface area (Å²) in [6, 6.07) is 5.07. The molecule has 0 saturated carbocycles. The van der Waals surface area contributed by atoms with E-state index < -0.39 is 0 Å². The molecule has 0 radical (unpaired) electrons. The summed E-state index contributed by atoms with van der Waals surface area (Å²) in [5.41, 5.74) is 0.445. The van der Waals surface area contributed by atoms with Gasteiger partial charge in [-0.1, -0.05) is 6.42 Å². The standard InChI is InChI=1S/C15H21NO3/c1-10-4-3-5-11(2)16(10)9-15(19)12-6-7-13(17)14(18)8-12/h6-8,10-11,17-18H,3-5,9H2,1-2H3/t10-,11+. The fourth-order valence-corrected chi connectivity index (χ4v) is 2.74.